The topological polar surface area (TPSA) is 210 Å². The van der Waals surface area contributed by atoms with Gasteiger partial charge in [-0.1, -0.05) is 39.5 Å². The fourth-order valence-electron chi connectivity index (χ4n) is 3.34. The molecule has 0 aromatic heterocycles. The Morgan fingerprint density at radius 3 is 1.77 bits per heavy atom. The molecule has 0 heterocycles. The Morgan fingerprint density at radius 1 is 0.771 bits per heavy atom. The molecule has 14 heteroatoms. The first-order valence-electron chi connectivity index (χ1n) is 11.8. The number of aliphatic hydroxyl groups excluding tert-OH is 5. The summed E-state index contributed by atoms with van der Waals surface area (Å²) in [7, 11) is -5.06. The van der Waals surface area contributed by atoms with Gasteiger partial charge in [-0.15, -0.1) is 0 Å². The fraction of sp³-hybridized carbons (Fsp3) is 0.905. The molecular formula is C21H39O13P. The molecule has 0 aliphatic heterocycles. The summed E-state index contributed by atoms with van der Waals surface area (Å²) < 4.78 is 32.2. The smallest absolute Gasteiger partial charge is 0.462 e. The van der Waals surface area contributed by atoms with Crippen LogP contribution in [0.25, 0.3) is 0 Å². The summed E-state index contributed by atoms with van der Waals surface area (Å²) in [5.41, 5.74) is 0. The highest BCUT2D eigenvalue weighted by Gasteiger charge is 2.51. The van der Waals surface area contributed by atoms with Crippen LogP contribution < -0.4 is 0 Å². The summed E-state index contributed by atoms with van der Waals surface area (Å²) >= 11 is 0. The first-order valence-corrected chi connectivity index (χ1v) is 13.3. The van der Waals surface area contributed by atoms with E-state index in [4.69, 9.17) is 18.5 Å². The molecule has 0 saturated heterocycles. The van der Waals surface area contributed by atoms with E-state index in [0.717, 1.165) is 25.7 Å². The molecule has 13 nitrogen and oxygen atoms in total. The van der Waals surface area contributed by atoms with Crippen LogP contribution in [0, 0.1) is 0 Å². The third-order valence-electron chi connectivity index (χ3n) is 5.45. The van der Waals surface area contributed by atoms with Crippen LogP contribution in [0.4, 0.5) is 0 Å². The quantitative estimate of drug-likeness (QED) is 0.0877. The van der Waals surface area contributed by atoms with Gasteiger partial charge >= 0.3 is 19.8 Å². The Kier molecular flexibility index (Phi) is 14.4. The van der Waals surface area contributed by atoms with Gasteiger partial charge in [0.1, 0.15) is 43.2 Å². The van der Waals surface area contributed by atoms with E-state index in [2.05, 4.69) is 0 Å². The van der Waals surface area contributed by atoms with Crippen molar-refractivity contribution in [1.82, 2.24) is 0 Å². The fourth-order valence-corrected chi connectivity index (χ4v) is 4.31. The van der Waals surface area contributed by atoms with E-state index >= 15 is 0 Å². The van der Waals surface area contributed by atoms with Gasteiger partial charge in [0, 0.05) is 12.8 Å². The zero-order valence-electron chi connectivity index (χ0n) is 20.1. The number of carbonyl (C=O) groups excluding carboxylic acids is 2. The van der Waals surface area contributed by atoms with E-state index < -0.39 is 75.7 Å². The second-order valence-corrected chi connectivity index (χ2v) is 9.90. The number of aliphatic hydroxyl groups is 5. The molecule has 1 aliphatic carbocycles. The summed E-state index contributed by atoms with van der Waals surface area (Å²) in [5.74, 6) is -1.16. The van der Waals surface area contributed by atoms with Crippen molar-refractivity contribution in [3.8, 4) is 0 Å². The predicted octanol–water partition coefficient (Wildman–Crippen LogP) is -0.0777. The maximum absolute atomic E-state index is 12.4. The van der Waals surface area contributed by atoms with Crippen LogP contribution in [-0.2, 0) is 32.7 Å². The molecular weight excluding hydrogens is 491 g/mol. The van der Waals surface area contributed by atoms with E-state index in [9.17, 15) is 44.6 Å². The third-order valence-corrected chi connectivity index (χ3v) is 6.43. The number of hydrogen-bond donors (Lipinski definition) is 6. The number of hydrogen-bond acceptors (Lipinski definition) is 12. The van der Waals surface area contributed by atoms with Gasteiger partial charge in [0.15, 0.2) is 6.10 Å². The summed E-state index contributed by atoms with van der Waals surface area (Å²) in [4.78, 5) is 34.0. The molecule has 6 N–H and O–H groups in total. The van der Waals surface area contributed by atoms with Crippen molar-refractivity contribution in [3.63, 3.8) is 0 Å². The maximum Gasteiger partial charge on any atom is 0.472 e. The molecule has 1 fully saturated rings. The Labute approximate surface area is 204 Å². The Balaban J connectivity index is 2.74. The van der Waals surface area contributed by atoms with Crippen LogP contribution in [0.1, 0.15) is 65.2 Å². The summed E-state index contributed by atoms with van der Waals surface area (Å²) in [6, 6.07) is 0. The van der Waals surface area contributed by atoms with Crippen LogP contribution in [0.2, 0.25) is 0 Å². The minimum absolute atomic E-state index is 0.0840. The first-order chi connectivity index (χ1) is 16.4. The number of carbonyl (C=O) groups is 2. The monoisotopic (exact) mass is 530 g/mol. The van der Waals surface area contributed by atoms with Gasteiger partial charge in [0.2, 0.25) is 0 Å². The lowest BCUT2D eigenvalue weighted by molar-refractivity contribution is -0.220. The van der Waals surface area contributed by atoms with Gasteiger partial charge in [-0.3, -0.25) is 18.6 Å². The van der Waals surface area contributed by atoms with E-state index in [1.807, 2.05) is 13.8 Å². The number of phosphoric ester groups is 1. The third kappa shape index (κ3) is 11.2. The zero-order chi connectivity index (χ0) is 26.6. The predicted molar refractivity (Wildman–Crippen MR) is 120 cm³/mol. The highest BCUT2D eigenvalue weighted by molar-refractivity contribution is 7.47. The van der Waals surface area contributed by atoms with Crippen LogP contribution in [0.5, 0.6) is 0 Å². The van der Waals surface area contributed by atoms with Gasteiger partial charge in [-0.05, 0) is 12.8 Å². The number of phosphoric acid groups is 1. The van der Waals surface area contributed by atoms with Crippen LogP contribution in [0.3, 0.4) is 0 Å². The van der Waals surface area contributed by atoms with Crippen molar-refractivity contribution in [3.05, 3.63) is 0 Å². The molecule has 3 unspecified atom stereocenters. The van der Waals surface area contributed by atoms with E-state index in [1.165, 1.54) is 0 Å². The van der Waals surface area contributed by atoms with Gasteiger partial charge in [0.25, 0.3) is 0 Å². The van der Waals surface area contributed by atoms with Crippen molar-refractivity contribution in [2.45, 2.75) is 108 Å². The zero-order valence-corrected chi connectivity index (χ0v) is 21.0. The SMILES string of the molecule is CCCCCC(=O)OC[C@@H](COP(=O)(O)OC1[C@H](O)[C@H](O)C(O)[C@H](O)[C@H]1O)OC(=O)CCCCC. The van der Waals surface area contributed by atoms with Crippen molar-refractivity contribution >= 4 is 19.8 Å². The van der Waals surface area contributed by atoms with Crippen molar-refractivity contribution < 1.29 is 63.1 Å². The maximum atomic E-state index is 12.4. The van der Waals surface area contributed by atoms with E-state index in [-0.39, 0.29) is 12.8 Å². The van der Waals surface area contributed by atoms with E-state index in [0.29, 0.717) is 12.8 Å². The molecule has 0 amide bonds. The average Bonchev–Trinajstić information content (AvgIpc) is 2.81. The summed E-state index contributed by atoms with van der Waals surface area (Å²) in [6.45, 7) is 2.75. The molecule has 1 aliphatic rings. The van der Waals surface area contributed by atoms with Gasteiger partial charge < -0.3 is 39.9 Å². The minimum Gasteiger partial charge on any atom is -0.462 e. The lowest BCUT2D eigenvalue weighted by atomic mass is 9.85. The van der Waals surface area contributed by atoms with Gasteiger partial charge in [0.05, 0.1) is 6.61 Å². The number of esters is 2. The van der Waals surface area contributed by atoms with Gasteiger partial charge in [-0.2, -0.15) is 0 Å². The van der Waals surface area contributed by atoms with Crippen molar-refractivity contribution in [1.29, 1.82) is 0 Å². The Morgan fingerprint density at radius 2 is 1.26 bits per heavy atom. The molecule has 0 bridgehead atoms. The first kappa shape index (κ1) is 31.9. The van der Waals surface area contributed by atoms with Crippen LogP contribution >= 0.6 is 7.82 Å². The molecule has 0 spiro atoms. The summed E-state index contributed by atoms with van der Waals surface area (Å²) in [5, 5.41) is 49.0. The van der Waals surface area contributed by atoms with Crippen molar-refractivity contribution in [2.75, 3.05) is 13.2 Å². The lowest BCUT2D eigenvalue weighted by Gasteiger charge is -2.41. The molecule has 1 rings (SSSR count). The second-order valence-electron chi connectivity index (χ2n) is 8.50. The number of ether oxygens (including phenoxy) is 2. The Bertz CT molecular complexity index is 674. The lowest BCUT2D eigenvalue weighted by Crippen LogP contribution is -2.64. The standard InChI is InChI=1S/C21H39O13P/c1-3-5-7-9-14(22)31-11-13(33-15(23)10-8-6-4-2)12-32-35(29,30)34-21-19(27)17(25)16(24)18(26)20(21)28/h13,16-21,24-28H,3-12H2,1-2H3,(H,29,30)/t13-,16?,17-,18+,19+,20+,21?/m0/s1. The molecule has 0 aromatic rings. The molecule has 35 heavy (non-hydrogen) atoms. The molecule has 206 valence electrons. The van der Waals surface area contributed by atoms with Crippen LogP contribution in [0.15, 0.2) is 0 Å². The van der Waals surface area contributed by atoms with Gasteiger partial charge in [-0.25, -0.2) is 4.57 Å². The molecule has 1 saturated carbocycles. The molecule has 0 aromatic carbocycles. The largest absolute Gasteiger partial charge is 0.472 e. The minimum atomic E-state index is -5.06. The highest BCUT2D eigenvalue weighted by atomic mass is 31.2. The average molecular weight is 531 g/mol. The van der Waals surface area contributed by atoms with E-state index in [1.54, 1.807) is 0 Å². The molecule has 8 atom stereocenters. The second kappa shape index (κ2) is 15.9. The Hall–Kier alpha value is -1.15. The summed E-state index contributed by atoms with van der Waals surface area (Å²) in [6.07, 6.45) is -8.31. The number of rotatable bonds is 16. The normalized spacial score (nSPS) is 29.3. The van der Waals surface area contributed by atoms with Crippen molar-refractivity contribution in [2.24, 2.45) is 0 Å². The number of unbranched alkanes of at least 4 members (excludes halogenated alkanes) is 4. The van der Waals surface area contributed by atoms with Crippen LogP contribution in [-0.4, -0.2) is 98.3 Å². The molecule has 0 radical (unpaired) electrons. The highest BCUT2D eigenvalue weighted by Crippen LogP contribution is 2.47.